The fraction of sp³-hybridized carbons (Fsp3) is 0.583. The summed E-state index contributed by atoms with van der Waals surface area (Å²) in [5, 5.41) is 6.15. The number of carbonyl (C=O) groups is 1. The van der Waals surface area contributed by atoms with Crippen molar-refractivity contribution in [3.8, 4) is 0 Å². The van der Waals surface area contributed by atoms with Gasteiger partial charge in [-0.1, -0.05) is 0 Å². The van der Waals surface area contributed by atoms with Crippen LogP contribution in [0, 0.1) is 0 Å². The minimum Gasteiger partial charge on any atom is -0.444 e. The molecule has 0 atom stereocenters. The Morgan fingerprint density at radius 2 is 2.22 bits per heavy atom. The molecule has 2 heterocycles. The topological polar surface area (TPSA) is 75.3 Å². The molecule has 98 valence electrons. The average molecular weight is 251 g/mol. The molecule has 1 amide bonds. The van der Waals surface area contributed by atoms with E-state index in [0.717, 1.165) is 5.56 Å². The molecule has 1 aliphatic rings. The highest BCUT2D eigenvalue weighted by Gasteiger charge is 2.26. The lowest BCUT2D eigenvalue weighted by Gasteiger charge is -2.30. The predicted octanol–water partition coefficient (Wildman–Crippen LogP) is 1.06. The number of ether oxygens (including phenoxy) is 1. The number of aromatic nitrogens is 2. The zero-order valence-electron chi connectivity index (χ0n) is 10.8. The summed E-state index contributed by atoms with van der Waals surface area (Å²) >= 11 is 0. The zero-order valence-corrected chi connectivity index (χ0v) is 10.8. The van der Waals surface area contributed by atoms with Crippen molar-refractivity contribution in [3.63, 3.8) is 0 Å². The van der Waals surface area contributed by atoms with E-state index < -0.39 is 5.60 Å². The largest absolute Gasteiger partial charge is 0.444 e. The standard InChI is InChI=1S/C12H17N3O3/c1-12(2,3)18-11(17)15-5-4-9-8(7-15)6-13-14-10(9)16/h6H,4-5,7H2,1-3H3,(H,14,16). The number of nitrogens with zero attached hydrogens (tertiary/aromatic N) is 2. The van der Waals surface area contributed by atoms with E-state index in [1.54, 1.807) is 11.1 Å². The summed E-state index contributed by atoms with van der Waals surface area (Å²) in [7, 11) is 0. The molecule has 1 aromatic rings. The van der Waals surface area contributed by atoms with E-state index in [0.29, 0.717) is 25.1 Å². The van der Waals surface area contributed by atoms with Crippen molar-refractivity contribution >= 4 is 6.09 Å². The maximum Gasteiger partial charge on any atom is 0.410 e. The second kappa shape index (κ2) is 4.44. The summed E-state index contributed by atoms with van der Waals surface area (Å²) in [6.45, 7) is 6.36. The van der Waals surface area contributed by atoms with Crippen molar-refractivity contribution in [1.82, 2.24) is 15.1 Å². The van der Waals surface area contributed by atoms with Crippen molar-refractivity contribution in [3.05, 3.63) is 27.7 Å². The van der Waals surface area contributed by atoms with Crippen molar-refractivity contribution in [2.45, 2.75) is 39.3 Å². The van der Waals surface area contributed by atoms with E-state index in [1.807, 2.05) is 20.8 Å². The second-order valence-corrected chi connectivity index (χ2v) is 5.35. The molecule has 2 rings (SSSR count). The predicted molar refractivity (Wildman–Crippen MR) is 65.2 cm³/mol. The van der Waals surface area contributed by atoms with Gasteiger partial charge in [-0.15, -0.1) is 0 Å². The van der Waals surface area contributed by atoms with Crippen LogP contribution in [0.15, 0.2) is 11.0 Å². The molecule has 0 radical (unpaired) electrons. The van der Waals surface area contributed by atoms with E-state index in [2.05, 4.69) is 10.2 Å². The van der Waals surface area contributed by atoms with Crippen LogP contribution in [0.2, 0.25) is 0 Å². The first-order chi connectivity index (χ1) is 8.37. The van der Waals surface area contributed by atoms with Gasteiger partial charge in [-0.3, -0.25) is 4.79 Å². The maximum atomic E-state index is 11.9. The number of hydrogen-bond acceptors (Lipinski definition) is 4. The molecule has 0 aliphatic carbocycles. The van der Waals surface area contributed by atoms with E-state index in [9.17, 15) is 9.59 Å². The van der Waals surface area contributed by atoms with Crippen LogP contribution in [0.3, 0.4) is 0 Å². The van der Waals surface area contributed by atoms with Gasteiger partial charge in [0.05, 0.1) is 12.7 Å². The Balaban J connectivity index is 2.13. The molecule has 6 nitrogen and oxygen atoms in total. The van der Waals surface area contributed by atoms with Crippen LogP contribution < -0.4 is 5.56 Å². The second-order valence-electron chi connectivity index (χ2n) is 5.35. The lowest BCUT2D eigenvalue weighted by atomic mass is 10.0. The minimum absolute atomic E-state index is 0.170. The number of aromatic amines is 1. The lowest BCUT2D eigenvalue weighted by Crippen LogP contribution is -2.41. The molecule has 1 aliphatic heterocycles. The molecule has 0 spiro atoms. The van der Waals surface area contributed by atoms with Gasteiger partial charge >= 0.3 is 6.09 Å². The Morgan fingerprint density at radius 1 is 1.50 bits per heavy atom. The van der Waals surface area contributed by atoms with Crippen molar-refractivity contribution in [1.29, 1.82) is 0 Å². The fourth-order valence-corrected chi connectivity index (χ4v) is 1.88. The van der Waals surface area contributed by atoms with E-state index in [4.69, 9.17) is 4.74 Å². The highest BCUT2D eigenvalue weighted by Crippen LogP contribution is 2.17. The third-order valence-electron chi connectivity index (χ3n) is 2.69. The van der Waals surface area contributed by atoms with Gasteiger partial charge in [0.25, 0.3) is 5.56 Å². The van der Waals surface area contributed by atoms with E-state index >= 15 is 0 Å². The molecular weight excluding hydrogens is 234 g/mol. The summed E-state index contributed by atoms with van der Waals surface area (Å²) in [6.07, 6.45) is 1.77. The first kappa shape index (κ1) is 12.6. The Labute approximate surface area is 105 Å². The lowest BCUT2D eigenvalue weighted by molar-refractivity contribution is 0.0223. The number of amides is 1. The molecule has 0 saturated carbocycles. The van der Waals surface area contributed by atoms with Gasteiger partial charge in [-0.25, -0.2) is 9.89 Å². The van der Waals surface area contributed by atoms with Gasteiger partial charge in [0, 0.05) is 17.7 Å². The fourth-order valence-electron chi connectivity index (χ4n) is 1.88. The van der Waals surface area contributed by atoms with Crippen molar-refractivity contribution in [2.24, 2.45) is 0 Å². The molecule has 1 N–H and O–H groups in total. The Bertz CT molecular complexity index is 516. The van der Waals surface area contributed by atoms with Crippen LogP contribution in [-0.4, -0.2) is 33.3 Å². The molecule has 0 unspecified atom stereocenters. The molecular formula is C12H17N3O3. The number of carbonyl (C=O) groups excluding carboxylic acids is 1. The quantitative estimate of drug-likeness (QED) is 0.748. The molecule has 0 bridgehead atoms. The third-order valence-corrected chi connectivity index (χ3v) is 2.69. The third kappa shape index (κ3) is 2.69. The summed E-state index contributed by atoms with van der Waals surface area (Å²) in [5.41, 5.74) is 0.820. The molecule has 0 saturated heterocycles. The van der Waals surface area contributed by atoms with Crippen molar-refractivity contribution < 1.29 is 9.53 Å². The van der Waals surface area contributed by atoms with Gasteiger partial charge in [-0.05, 0) is 27.2 Å². The van der Waals surface area contributed by atoms with Crippen LogP contribution in [-0.2, 0) is 17.7 Å². The molecule has 0 fully saturated rings. The highest BCUT2D eigenvalue weighted by molar-refractivity contribution is 5.68. The monoisotopic (exact) mass is 251 g/mol. The maximum absolute atomic E-state index is 11.9. The normalized spacial score (nSPS) is 15.2. The molecule has 0 aromatic carbocycles. The smallest absolute Gasteiger partial charge is 0.410 e. The van der Waals surface area contributed by atoms with Crippen LogP contribution in [0.25, 0.3) is 0 Å². The van der Waals surface area contributed by atoms with E-state index in [-0.39, 0.29) is 11.7 Å². The van der Waals surface area contributed by atoms with E-state index in [1.165, 1.54) is 0 Å². The molecule has 18 heavy (non-hydrogen) atoms. The summed E-state index contributed by atoms with van der Waals surface area (Å²) in [4.78, 5) is 25.0. The number of fused-ring (bicyclic) bond motifs is 1. The zero-order chi connectivity index (χ0) is 13.3. The summed E-state index contributed by atoms with van der Waals surface area (Å²) in [5.74, 6) is 0. The first-order valence-electron chi connectivity index (χ1n) is 5.90. The Kier molecular flexibility index (Phi) is 3.11. The molecule has 1 aromatic heterocycles. The molecule has 6 heteroatoms. The number of nitrogens with one attached hydrogen (secondary N) is 1. The van der Waals surface area contributed by atoms with Gasteiger partial charge in [0.1, 0.15) is 5.60 Å². The Hall–Kier alpha value is -1.85. The number of H-pyrrole nitrogens is 1. The van der Waals surface area contributed by atoms with Crippen LogP contribution in [0.1, 0.15) is 31.9 Å². The Morgan fingerprint density at radius 3 is 2.89 bits per heavy atom. The average Bonchev–Trinajstić information content (AvgIpc) is 2.26. The van der Waals surface area contributed by atoms with Gasteiger partial charge < -0.3 is 9.64 Å². The minimum atomic E-state index is -0.510. The van der Waals surface area contributed by atoms with Gasteiger partial charge in [0.2, 0.25) is 0 Å². The highest BCUT2D eigenvalue weighted by atomic mass is 16.6. The van der Waals surface area contributed by atoms with Crippen molar-refractivity contribution in [2.75, 3.05) is 6.54 Å². The first-order valence-corrected chi connectivity index (χ1v) is 5.90. The number of rotatable bonds is 0. The summed E-state index contributed by atoms with van der Waals surface area (Å²) in [6, 6.07) is 0. The summed E-state index contributed by atoms with van der Waals surface area (Å²) < 4.78 is 5.30. The van der Waals surface area contributed by atoms with Crippen LogP contribution in [0.4, 0.5) is 4.79 Å². The number of hydrogen-bond donors (Lipinski definition) is 1. The van der Waals surface area contributed by atoms with Gasteiger partial charge in [-0.2, -0.15) is 5.10 Å². The van der Waals surface area contributed by atoms with Crippen LogP contribution in [0.5, 0.6) is 0 Å². The van der Waals surface area contributed by atoms with Gasteiger partial charge in [0.15, 0.2) is 0 Å². The van der Waals surface area contributed by atoms with Crippen LogP contribution >= 0.6 is 0 Å². The SMILES string of the molecule is CC(C)(C)OC(=O)N1CCc2c(cn[nH]c2=O)C1.